The topological polar surface area (TPSA) is 115 Å². The number of aryl methyl sites for hydroxylation is 2. The van der Waals surface area contributed by atoms with Crippen molar-refractivity contribution in [3.8, 4) is 34.0 Å². The SMILES string of the molecule is Cc1oc(Cc2cccc(Cl)c2)nc1-c1ccc(OCc2ccc(Br)cc2COC(OCc2cc(Br)ccc2COc2ccc(-c3nc(Cc4cccc(Cl)c4)oc3C)cc2)C(=O)OC(C)(C)C)cc1. The predicted octanol–water partition coefficient (Wildman–Crippen LogP) is 15.2. The second-order valence-corrected chi connectivity index (χ2v) is 20.3. The van der Waals surface area contributed by atoms with E-state index < -0.39 is 17.9 Å². The van der Waals surface area contributed by atoms with Crippen LogP contribution in [0.25, 0.3) is 22.5 Å². The average molecular weight is 1110 g/mol. The summed E-state index contributed by atoms with van der Waals surface area (Å²) in [6.45, 7) is 9.76. The number of ether oxygens (including phenoxy) is 5. The largest absolute Gasteiger partial charge is 0.489 e. The molecule has 0 fully saturated rings. The van der Waals surface area contributed by atoms with E-state index in [4.69, 9.17) is 65.7 Å². The second kappa shape index (κ2) is 23.0. The lowest BCUT2D eigenvalue weighted by atomic mass is 10.1. The van der Waals surface area contributed by atoms with E-state index in [0.29, 0.717) is 46.2 Å². The maximum atomic E-state index is 13.6. The number of esters is 1. The van der Waals surface area contributed by atoms with Crippen LogP contribution in [0.2, 0.25) is 10.0 Å². The van der Waals surface area contributed by atoms with Gasteiger partial charge < -0.3 is 32.5 Å². The molecule has 2 aromatic heterocycles. The van der Waals surface area contributed by atoms with Gasteiger partial charge in [0.15, 0.2) is 11.8 Å². The fourth-order valence-corrected chi connectivity index (χ4v) is 8.82. The summed E-state index contributed by atoms with van der Waals surface area (Å²) in [5, 5.41) is 1.34. The molecule has 0 aliphatic carbocycles. The van der Waals surface area contributed by atoms with Crippen molar-refractivity contribution in [2.75, 3.05) is 0 Å². The molecule has 0 saturated heterocycles. The summed E-state index contributed by atoms with van der Waals surface area (Å²) in [6, 6.07) is 42.4. The fourth-order valence-electron chi connectivity index (χ4n) is 7.58. The molecule has 8 rings (SSSR count). The monoisotopic (exact) mass is 1110 g/mol. The van der Waals surface area contributed by atoms with Gasteiger partial charge in [-0.15, -0.1) is 0 Å². The molecular weight excluding hydrogens is 1060 g/mol. The summed E-state index contributed by atoms with van der Waals surface area (Å²) in [4.78, 5) is 23.2. The molecule has 360 valence electrons. The van der Waals surface area contributed by atoms with E-state index in [1.165, 1.54) is 0 Å². The third kappa shape index (κ3) is 14.0. The van der Waals surface area contributed by atoms with Crippen molar-refractivity contribution in [2.24, 2.45) is 0 Å². The van der Waals surface area contributed by atoms with Crippen LogP contribution in [0, 0.1) is 13.8 Å². The highest BCUT2D eigenvalue weighted by Crippen LogP contribution is 2.31. The maximum Gasteiger partial charge on any atom is 0.364 e. The van der Waals surface area contributed by atoms with Crippen LogP contribution in [-0.4, -0.2) is 27.8 Å². The molecule has 10 nitrogen and oxygen atoms in total. The Labute approximate surface area is 434 Å². The van der Waals surface area contributed by atoms with Crippen molar-refractivity contribution < 1.29 is 37.3 Å². The summed E-state index contributed by atoms with van der Waals surface area (Å²) in [6.07, 6.45) is -0.281. The Kier molecular flexibility index (Phi) is 16.6. The van der Waals surface area contributed by atoms with E-state index in [2.05, 4.69) is 31.9 Å². The van der Waals surface area contributed by atoms with Gasteiger partial charge in [-0.25, -0.2) is 14.8 Å². The van der Waals surface area contributed by atoms with Gasteiger partial charge in [-0.2, -0.15) is 0 Å². The number of hydrogen-bond acceptors (Lipinski definition) is 10. The van der Waals surface area contributed by atoms with Crippen LogP contribution >= 0.6 is 55.1 Å². The lowest BCUT2D eigenvalue weighted by Gasteiger charge is -2.25. The maximum absolute atomic E-state index is 13.6. The Morgan fingerprint density at radius 1 is 0.571 bits per heavy atom. The van der Waals surface area contributed by atoms with E-state index >= 15 is 0 Å². The molecule has 70 heavy (non-hydrogen) atoms. The lowest BCUT2D eigenvalue weighted by molar-refractivity contribution is -0.210. The number of carbonyl (C=O) groups excluding carboxylic acids is 1. The van der Waals surface area contributed by atoms with Gasteiger partial charge in [-0.3, -0.25) is 0 Å². The molecule has 0 aliphatic rings. The highest BCUT2D eigenvalue weighted by Gasteiger charge is 2.28. The number of aromatic nitrogens is 2. The molecule has 0 N–H and O–H groups in total. The molecule has 0 radical (unpaired) electrons. The van der Waals surface area contributed by atoms with Crippen LogP contribution in [-0.2, 0) is 58.3 Å². The molecule has 0 amide bonds. The van der Waals surface area contributed by atoms with Gasteiger partial charge in [0.1, 0.15) is 53.2 Å². The first-order valence-corrected chi connectivity index (χ1v) is 24.8. The number of oxazole rings is 2. The minimum absolute atomic E-state index is 0.0332. The summed E-state index contributed by atoms with van der Waals surface area (Å²) in [7, 11) is 0. The number of nitrogens with zero attached hydrogens (tertiary/aromatic N) is 2. The summed E-state index contributed by atoms with van der Waals surface area (Å²) < 4.78 is 44.5. The van der Waals surface area contributed by atoms with E-state index in [1.54, 1.807) is 20.8 Å². The molecule has 0 aliphatic heterocycles. The quantitative estimate of drug-likeness (QED) is 0.0572. The number of carbonyl (C=O) groups is 1. The van der Waals surface area contributed by atoms with E-state index in [9.17, 15) is 4.79 Å². The first kappa shape index (κ1) is 50.7. The summed E-state index contributed by atoms with van der Waals surface area (Å²) in [5.41, 5.74) is 7.93. The number of rotatable bonds is 19. The fraction of sp³-hybridized carbons (Fsp3) is 0.232. The summed E-state index contributed by atoms with van der Waals surface area (Å²) >= 11 is 19.6. The highest BCUT2D eigenvalue weighted by atomic mass is 79.9. The van der Waals surface area contributed by atoms with Crippen molar-refractivity contribution in [3.05, 3.63) is 209 Å². The molecule has 2 heterocycles. The van der Waals surface area contributed by atoms with Crippen molar-refractivity contribution in [2.45, 2.75) is 85.8 Å². The molecular formula is C56H50Br2Cl2N2O8. The number of hydrogen-bond donors (Lipinski definition) is 0. The van der Waals surface area contributed by atoms with Gasteiger partial charge in [-0.1, -0.05) is 91.5 Å². The number of halogens is 4. The second-order valence-electron chi connectivity index (χ2n) is 17.6. The van der Waals surface area contributed by atoms with Crippen LogP contribution in [0.5, 0.6) is 11.5 Å². The Hall–Kier alpha value is -5.73. The van der Waals surface area contributed by atoms with Crippen LogP contribution < -0.4 is 9.47 Å². The summed E-state index contributed by atoms with van der Waals surface area (Å²) in [5.74, 6) is 3.37. The Morgan fingerprint density at radius 2 is 1.00 bits per heavy atom. The van der Waals surface area contributed by atoms with Gasteiger partial charge in [0.05, 0.1) is 13.2 Å². The van der Waals surface area contributed by atoms with Gasteiger partial charge in [0.2, 0.25) is 0 Å². The molecule has 0 saturated carbocycles. The van der Waals surface area contributed by atoms with Crippen LogP contribution in [0.3, 0.4) is 0 Å². The zero-order valence-electron chi connectivity index (χ0n) is 39.2. The predicted molar refractivity (Wildman–Crippen MR) is 278 cm³/mol. The molecule has 0 spiro atoms. The van der Waals surface area contributed by atoms with Crippen LogP contribution in [0.1, 0.15) is 77.5 Å². The van der Waals surface area contributed by atoms with E-state index in [0.717, 1.165) is 76.4 Å². The minimum atomic E-state index is -1.35. The average Bonchev–Trinajstić information content (AvgIpc) is 3.87. The first-order valence-electron chi connectivity index (χ1n) is 22.5. The smallest absolute Gasteiger partial charge is 0.364 e. The Balaban J connectivity index is 0.895. The Morgan fingerprint density at radius 3 is 1.40 bits per heavy atom. The minimum Gasteiger partial charge on any atom is -0.489 e. The highest BCUT2D eigenvalue weighted by molar-refractivity contribution is 9.10. The van der Waals surface area contributed by atoms with Crippen molar-refractivity contribution in [1.29, 1.82) is 0 Å². The molecule has 0 bridgehead atoms. The molecule has 6 aromatic carbocycles. The van der Waals surface area contributed by atoms with Crippen molar-refractivity contribution in [3.63, 3.8) is 0 Å². The van der Waals surface area contributed by atoms with Gasteiger partial charge in [-0.05, 0) is 165 Å². The standard InChI is InChI=1S/C56H50Br2Cl2N2O8/c1-34-52(61-50(68-34)26-36-8-6-10-46(59)24-36)38-14-20-48(21-15-38)64-30-40-12-18-44(57)28-42(40)32-66-55(54(63)70-56(3,4)5)67-33-43-29-45(58)19-13-41(43)31-65-49-22-16-39(17-23-49)53-35(2)69-51(62-53)27-37-9-7-11-47(60)25-37/h6-25,28-29,55H,26-27,30-33H2,1-5H3. The third-order valence-corrected chi connectivity index (χ3v) is 12.4. The van der Waals surface area contributed by atoms with E-state index in [-0.39, 0.29) is 26.4 Å². The molecule has 8 aromatic rings. The van der Waals surface area contributed by atoms with Gasteiger partial charge in [0.25, 0.3) is 6.29 Å². The van der Waals surface area contributed by atoms with Gasteiger partial charge >= 0.3 is 5.97 Å². The Bertz CT molecular complexity index is 2880. The van der Waals surface area contributed by atoms with Gasteiger partial charge in [0, 0.05) is 43.0 Å². The first-order chi connectivity index (χ1) is 33.6. The van der Waals surface area contributed by atoms with E-state index in [1.807, 2.05) is 147 Å². The van der Waals surface area contributed by atoms with Crippen LogP contribution in [0.15, 0.2) is 151 Å². The zero-order valence-corrected chi connectivity index (χ0v) is 43.9. The van der Waals surface area contributed by atoms with Crippen molar-refractivity contribution >= 4 is 61.0 Å². The lowest BCUT2D eigenvalue weighted by Crippen LogP contribution is -2.35. The number of benzene rings is 6. The zero-order chi connectivity index (χ0) is 49.4. The normalized spacial score (nSPS) is 11.6. The molecule has 0 atom stereocenters. The van der Waals surface area contributed by atoms with Crippen molar-refractivity contribution in [1.82, 2.24) is 9.97 Å². The third-order valence-electron chi connectivity index (χ3n) is 10.9. The molecule has 0 unspecified atom stereocenters. The molecule has 14 heteroatoms. The van der Waals surface area contributed by atoms with Crippen LogP contribution in [0.4, 0.5) is 0 Å².